The summed E-state index contributed by atoms with van der Waals surface area (Å²) in [6.45, 7) is 0.604. The minimum atomic E-state index is -0.202. The van der Waals surface area contributed by atoms with Crippen LogP contribution in [0.2, 0.25) is 4.34 Å². The number of rotatable bonds is 6. The van der Waals surface area contributed by atoms with Gasteiger partial charge in [-0.25, -0.2) is 0 Å². The standard InChI is InChI=1S/C15H17ClN2O2S/c1-18-9-7-11(10-14(18)19)15(20)17-8-3-2-4-12-5-6-13(16)21-12/h5-7,9-10H,2-4,8H2,1H3,(H,17,20). The molecule has 2 heterocycles. The number of halogens is 1. The second-order valence-electron chi connectivity index (χ2n) is 4.78. The van der Waals surface area contributed by atoms with Gasteiger partial charge in [0, 0.05) is 36.3 Å². The van der Waals surface area contributed by atoms with Gasteiger partial charge in [-0.15, -0.1) is 11.3 Å². The van der Waals surface area contributed by atoms with E-state index in [-0.39, 0.29) is 11.5 Å². The highest BCUT2D eigenvalue weighted by Gasteiger charge is 2.06. The molecule has 0 aromatic carbocycles. The maximum atomic E-state index is 11.9. The van der Waals surface area contributed by atoms with E-state index in [1.54, 1.807) is 30.6 Å². The summed E-state index contributed by atoms with van der Waals surface area (Å²) in [6, 6.07) is 6.93. The average molecular weight is 325 g/mol. The third kappa shape index (κ3) is 4.72. The lowest BCUT2D eigenvalue weighted by Crippen LogP contribution is -2.26. The maximum Gasteiger partial charge on any atom is 0.251 e. The minimum Gasteiger partial charge on any atom is -0.352 e. The van der Waals surface area contributed by atoms with Crippen LogP contribution in [0, 0.1) is 0 Å². The fraction of sp³-hybridized carbons (Fsp3) is 0.333. The molecule has 2 aromatic rings. The largest absolute Gasteiger partial charge is 0.352 e. The predicted molar refractivity (Wildman–Crippen MR) is 86.3 cm³/mol. The lowest BCUT2D eigenvalue weighted by atomic mass is 10.2. The zero-order valence-electron chi connectivity index (χ0n) is 11.8. The summed E-state index contributed by atoms with van der Waals surface area (Å²) in [7, 11) is 1.65. The smallest absolute Gasteiger partial charge is 0.251 e. The summed E-state index contributed by atoms with van der Waals surface area (Å²) in [5, 5.41) is 2.83. The molecule has 0 aliphatic rings. The Kier molecular flexibility index (Phi) is 5.59. The Balaban J connectivity index is 1.71. The highest BCUT2D eigenvalue weighted by Crippen LogP contribution is 2.22. The number of hydrogen-bond donors (Lipinski definition) is 1. The van der Waals surface area contributed by atoms with Crippen molar-refractivity contribution in [2.75, 3.05) is 6.54 Å². The van der Waals surface area contributed by atoms with Gasteiger partial charge in [0.2, 0.25) is 0 Å². The van der Waals surface area contributed by atoms with Crippen molar-refractivity contribution in [2.24, 2.45) is 7.05 Å². The van der Waals surface area contributed by atoms with Gasteiger partial charge in [-0.1, -0.05) is 11.6 Å². The first-order chi connectivity index (χ1) is 10.1. The summed E-state index contributed by atoms with van der Waals surface area (Å²) in [5.74, 6) is -0.202. The summed E-state index contributed by atoms with van der Waals surface area (Å²) in [5.41, 5.74) is 0.223. The van der Waals surface area contributed by atoms with Gasteiger partial charge in [0.25, 0.3) is 11.5 Å². The van der Waals surface area contributed by atoms with Crippen LogP contribution in [-0.4, -0.2) is 17.0 Å². The van der Waals surface area contributed by atoms with Crippen LogP contribution in [0.3, 0.4) is 0 Å². The molecule has 0 bridgehead atoms. The van der Waals surface area contributed by atoms with Crippen molar-refractivity contribution in [3.63, 3.8) is 0 Å². The van der Waals surface area contributed by atoms with E-state index in [2.05, 4.69) is 5.32 Å². The number of unbranched alkanes of at least 4 members (excludes halogenated alkanes) is 1. The normalized spacial score (nSPS) is 10.6. The molecular weight excluding hydrogens is 308 g/mol. The SMILES string of the molecule is Cn1ccc(C(=O)NCCCCc2ccc(Cl)s2)cc1=O. The van der Waals surface area contributed by atoms with Crippen molar-refractivity contribution in [3.05, 3.63) is 55.6 Å². The number of aromatic nitrogens is 1. The molecule has 0 aliphatic carbocycles. The van der Waals surface area contributed by atoms with Crippen molar-refractivity contribution in [1.29, 1.82) is 0 Å². The zero-order chi connectivity index (χ0) is 15.2. The van der Waals surface area contributed by atoms with Crippen molar-refractivity contribution in [2.45, 2.75) is 19.3 Å². The third-order valence-corrected chi connectivity index (χ3v) is 4.42. The molecule has 0 aliphatic heterocycles. The predicted octanol–water partition coefficient (Wildman–Crippen LogP) is 2.85. The maximum absolute atomic E-state index is 11.9. The van der Waals surface area contributed by atoms with E-state index in [1.807, 2.05) is 12.1 Å². The molecule has 0 radical (unpaired) electrons. The molecule has 0 spiro atoms. The number of aryl methyl sites for hydroxylation is 2. The van der Waals surface area contributed by atoms with Crippen molar-refractivity contribution in [3.8, 4) is 0 Å². The summed E-state index contributed by atoms with van der Waals surface area (Å²) in [6.07, 6.45) is 4.46. The summed E-state index contributed by atoms with van der Waals surface area (Å²) >= 11 is 7.46. The Morgan fingerprint density at radius 2 is 2.14 bits per heavy atom. The first-order valence-corrected chi connectivity index (χ1v) is 7.95. The van der Waals surface area contributed by atoms with Crippen LogP contribution in [0.1, 0.15) is 28.1 Å². The zero-order valence-corrected chi connectivity index (χ0v) is 13.3. The first kappa shape index (κ1) is 15.8. The van der Waals surface area contributed by atoms with Gasteiger partial charge in [-0.2, -0.15) is 0 Å². The quantitative estimate of drug-likeness (QED) is 0.831. The monoisotopic (exact) mass is 324 g/mol. The topological polar surface area (TPSA) is 51.1 Å². The fourth-order valence-electron chi connectivity index (χ4n) is 1.90. The van der Waals surface area contributed by atoms with Crippen LogP contribution in [-0.2, 0) is 13.5 Å². The van der Waals surface area contributed by atoms with Gasteiger partial charge >= 0.3 is 0 Å². The van der Waals surface area contributed by atoms with E-state index >= 15 is 0 Å². The summed E-state index contributed by atoms with van der Waals surface area (Å²) < 4.78 is 2.24. The number of hydrogen-bond acceptors (Lipinski definition) is 3. The summed E-state index contributed by atoms with van der Waals surface area (Å²) in [4.78, 5) is 24.6. The molecule has 2 rings (SSSR count). The van der Waals surface area contributed by atoms with E-state index in [0.717, 1.165) is 23.6 Å². The Morgan fingerprint density at radius 1 is 1.33 bits per heavy atom. The van der Waals surface area contributed by atoms with E-state index in [9.17, 15) is 9.59 Å². The van der Waals surface area contributed by atoms with Crippen LogP contribution >= 0.6 is 22.9 Å². The van der Waals surface area contributed by atoms with Crippen LogP contribution in [0.5, 0.6) is 0 Å². The van der Waals surface area contributed by atoms with E-state index < -0.39 is 0 Å². The molecule has 0 fully saturated rings. The lowest BCUT2D eigenvalue weighted by Gasteiger charge is -2.05. The van der Waals surface area contributed by atoms with Gasteiger partial charge in [0.15, 0.2) is 0 Å². The molecule has 21 heavy (non-hydrogen) atoms. The highest BCUT2D eigenvalue weighted by molar-refractivity contribution is 7.16. The van der Waals surface area contributed by atoms with Crippen LogP contribution in [0.25, 0.3) is 0 Å². The van der Waals surface area contributed by atoms with Crippen LogP contribution in [0.4, 0.5) is 0 Å². The number of carbonyl (C=O) groups excluding carboxylic acids is 1. The van der Waals surface area contributed by atoms with Crippen LogP contribution in [0.15, 0.2) is 35.3 Å². The number of thiophene rings is 1. The van der Waals surface area contributed by atoms with Crippen LogP contribution < -0.4 is 10.9 Å². The Morgan fingerprint density at radius 3 is 2.81 bits per heavy atom. The molecule has 1 amide bonds. The second-order valence-corrected chi connectivity index (χ2v) is 6.58. The van der Waals surface area contributed by atoms with Crippen molar-refractivity contribution >= 4 is 28.8 Å². The minimum absolute atomic E-state index is 0.183. The second kappa shape index (κ2) is 7.43. The molecule has 0 unspecified atom stereocenters. The molecular formula is C15H17ClN2O2S. The van der Waals surface area contributed by atoms with E-state index in [4.69, 9.17) is 11.6 Å². The molecule has 0 saturated heterocycles. The number of amides is 1. The Hall–Kier alpha value is -1.59. The molecule has 0 saturated carbocycles. The van der Waals surface area contributed by atoms with Crippen molar-refractivity contribution in [1.82, 2.24) is 9.88 Å². The first-order valence-electron chi connectivity index (χ1n) is 6.75. The molecule has 0 atom stereocenters. The molecule has 1 N–H and O–H groups in total. The van der Waals surface area contributed by atoms with Gasteiger partial charge in [-0.3, -0.25) is 9.59 Å². The third-order valence-electron chi connectivity index (χ3n) is 3.13. The number of pyridine rings is 1. The molecule has 2 aromatic heterocycles. The lowest BCUT2D eigenvalue weighted by molar-refractivity contribution is 0.0952. The van der Waals surface area contributed by atoms with E-state index in [1.165, 1.54) is 15.5 Å². The highest BCUT2D eigenvalue weighted by atomic mass is 35.5. The number of nitrogens with one attached hydrogen (secondary N) is 1. The fourth-order valence-corrected chi connectivity index (χ4v) is 3.03. The van der Waals surface area contributed by atoms with Gasteiger partial charge in [0.1, 0.15) is 0 Å². The Labute approximate surface area is 132 Å². The van der Waals surface area contributed by atoms with Crippen molar-refractivity contribution < 1.29 is 4.79 Å². The van der Waals surface area contributed by atoms with Gasteiger partial charge in [0.05, 0.1) is 4.34 Å². The Bertz CT molecular complexity index is 678. The number of nitrogens with zero attached hydrogens (tertiary/aromatic N) is 1. The average Bonchev–Trinajstić information content (AvgIpc) is 2.87. The van der Waals surface area contributed by atoms with Gasteiger partial charge in [-0.05, 0) is 37.5 Å². The number of carbonyl (C=O) groups is 1. The molecule has 4 nitrogen and oxygen atoms in total. The molecule has 6 heteroatoms. The van der Waals surface area contributed by atoms with E-state index in [0.29, 0.717) is 12.1 Å². The van der Waals surface area contributed by atoms with Gasteiger partial charge < -0.3 is 9.88 Å². The molecule has 112 valence electrons.